The minimum Gasteiger partial charge on any atom is -0.439 e. The van der Waals surface area contributed by atoms with Gasteiger partial charge in [-0.25, -0.2) is 0 Å². The number of hydrogen-bond acceptors (Lipinski definition) is 3. The number of aromatic nitrogens is 1. The van der Waals surface area contributed by atoms with Crippen LogP contribution in [0.3, 0.4) is 0 Å². The second-order valence-corrected chi connectivity index (χ2v) is 6.66. The molecule has 1 aromatic carbocycles. The van der Waals surface area contributed by atoms with Gasteiger partial charge in [-0.3, -0.25) is 0 Å². The van der Waals surface area contributed by atoms with Crippen LogP contribution in [0.5, 0.6) is 11.6 Å². The molecule has 3 nitrogen and oxygen atoms in total. The van der Waals surface area contributed by atoms with Gasteiger partial charge in [0.2, 0.25) is 5.88 Å². The highest BCUT2D eigenvalue weighted by atomic mass is 79.9. The molecule has 0 aliphatic rings. The number of halogens is 1. The smallest absolute Gasteiger partial charge is 0.221 e. The van der Waals surface area contributed by atoms with Gasteiger partial charge in [0.05, 0.1) is 0 Å². The summed E-state index contributed by atoms with van der Waals surface area (Å²) in [5.41, 5.74) is 1.04. The zero-order valence-corrected chi connectivity index (χ0v) is 13.8. The van der Waals surface area contributed by atoms with E-state index in [-0.39, 0.29) is 5.54 Å². The summed E-state index contributed by atoms with van der Waals surface area (Å²) >= 11 is 3.45. The normalized spacial score (nSPS) is 11.2. The minimum atomic E-state index is -0.0286. The van der Waals surface area contributed by atoms with Crippen molar-refractivity contribution in [1.29, 1.82) is 0 Å². The highest BCUT2D eigenvalue weighted by Crippen LogP contribution is 2.27. The molecule has 106 valence electrons. The Morgan fingerprint density at radius 2 is 1.90 bits per heavy atom. The molecule has 0 spiro atoms. The first-order chi connectivity index (χ1) is 9.33. The fourth-order valence-corrected chi connectivity index (χ4v) is 2.24. The van der Waals surface area contributed by atoms with E-state index in [2.05, 4.69) is 47.0 Å². The molecule has 2 rings (SSSR count). The molecule has 0 aliphatic heterocycles. The molecule has 1 N–H and O–H groups in total. The van der Waals surface area contributed by atoms with Gasteiger partial charge >= 0.3 is 0 Å². The van der Waals surface area contributed by atoms with Crippen molar-refractivity contribution >= 4 is 21.7 Å². The molecule has 1 aromatic heterocycles. The van der Waals surface area contributed by atoms with Crippen molar-refractivity contribution in [2.75, 3.05) is 5.32 Å². The zero-order chi connectivity index (χ0) is 14.8. The quantitative estimate of drug-likeness (QED) is 0.842. The Morgan fingerprint density at radius 3 is 2.55 bits per heavy atom. The highest BCUT2D eigenvalue weighted by Gasteiger charge is 2.11. The second-order valence-electron chi connectivity index (χ2n) is 5.75. The molecule has 0 aliphatic carbocycles. The first-order valence-electron chi connectivity index (χ1n) is 6.53. The predicted molar refractivity (Wildman–Crippen MR) is 86.6 cm³/mol. The Kier molecular flexibility index (Phi) is 4.33. The first kappa shape index (κ1) is 14.9. The molecule has 0 radical (unpaired) electrons. The summed E-state index contributed by atoms with van der Waals surface area (Å²) in [5, 5.41) is 3.33. The van der Waals surface area contributed by atoms with Crippen LogP contribution >= 0.6 is 15.9 Å². The van der Waals surface area contributed by atoms with E-state index in [4.69, 9.17) is 4.74 Å². The Balaban J connectivity index is 2.19. The topological polar surface area (TPSA) is 34.1 Å². The van der Waals surface area contributed by atoms with Crippen LogP contribution in [0, 0.1) is 6.92 Å². The van der Waals surface area contributed by atoms with Crippen molar-refractivity contribution in [3.8, 4) is 11.6 Å². The van der Waals surface area contributed by atoms with Crippen LogP contribution < -0.4 is 10.1 Å². The number of rotatable bonds is 3. The lowest BCUT2D eigenvalue weighted by molar-refractivity contribution is 0.459. The number of nitrogens with one attached hydrogen (secondary N) is 1. The van der Waals surface area contributed by atoms with E-state index in [9.17, 15) is 0 Å². The van der Waals surface area contributed by atoms with Gasteiger partial charge in [0.25, 0.3) is 0 Å². The van der Waals surface area contributed by atoms with Crippen molar-refractivity contribution < 1.29 is 4.74 Å². The third-order valence-electron chi connectivity index (χ3n) is 2.58. The lowest BCUT2D eigenvalue weighted by Crippen LogP contribution is -2.26. The SMILES string of the molecule is Cc1cc(Br)ccc1Oc1cccc(NC(C)(C)C)n1. The van der Waals surface area contributed by atoms with Crippen molar-refractivity contribution in [3.63, 3.8) is 0 Å². The summed E-state index contributed by atoms with van der Waals surface area (Å²) in [5.74, 6) is 2.21. The van der Waals surface area contributed by atoms with Gasteiger partial charge in [-0.1, -0.05) is 22.0 Å². The Hall–Kier alpha value is -1.55. The van der Waals surface area contributed by atoms with Gasteiger partial charge in [0.15, 0.2) is 0 Å². The van der Waals surface area contributed by atoms with Crippen LogP contribution in [0.1, 0.15) is 26.3 Å². The van der Waals surface area contributed by atoms with Gasteiger partial charge in [-0.15, -0.1) is 0 Å². The average molecular weight is 335 g/mol. The van der Waals surface area contributed by atoms with Crippen LogP contribution in [0.25, 0.3) is 0 Å². The number of nitrogens with zero attached hydrogens (tertiary/aromatic N) is 1. The summed E-state index contributed by atoms with van der Waals surface area (Å²) < 4.78 is 6.89. The fourth-order valence-electron chi connectivity index (χ4n) is 1.77. The van der Waals surface area contributed by atoms with Crippen molar-refractivity contribution in [2.45, 2.75) is 33.2 Å². The van der Waals surface area contributed by atoms with Crippen LogP contribution in [0.2, 0.25) is 0 Å². The van der Waals surface area contributed by atoms with E-state index < -0.39 is 0 Å². The largest absolute Gasteiger partial charge is 0.439 e. The Bertz CT molecular complexity index is 606. The molecule has 0 unspecified atom stereocenters. The average Bonchev–Trinajstić information content (AvgIpc) is 2.31. The van der Waals surface area contributed by atoms with Crippen LogP contribution in [-0.2, 0) is 0 Å². The molecule has 0 amide bonds. The molecule has 0 saturated carbocycles. The number of pyridine rings is 1. The Morgan fingerprint density at radius 1 is 1.15 bits per heavy atom. The van der Waals surface area contributed by atoms with Crippen molar-refractivity contribution in [2.24, 2.45) is 0 Å². The zero-order valence-electron chi connectivity index (χ0n) is 12.2. The lowest BCUT2D eigenvalue weighted by Gasteiger charge is -2.21. The highest BCUT2D eigenvalue weighted by molar-refractivity contribution is 9.10. The molecule has 4 heteroatoms. The standard InChI is InChI=1S/C16H19BrN2O/c1-11-10-12(17)8-9-13(11)20-15-7-5-6-14(18-15)19-16(2,3)4/h5-10H,1-4H3,(H,18,19). The summed E-state index contributed by atoms with van der Waals surface area (Å²) in [7, 11) is 0. The van der Waals surface area contributed by atoms with Crippen LogP contribution in [-0.4, -0.2) is 10.5 Å². The lowest BCUT2D eigenvalue weighted by atomic mass is 10.1. The summed E-state index contributed by atoms with van der Waals surface area (Å²) in [6.45, 7) is 8.31. The van der Waals surface area contributed by atoms with Crippen LogP contribution in [0.4, 0.5) is 5.82 Å². The maximum Gasteiger partial charge on any atom is 0.221 e. The molecule has 2 aromatic rings. The molecule has 0 bridgehead atoms. The summed E-state index contributed by atoms with van der Waals surface area (Å²) in [4.78, 5) is 4.47. The molecular formula is C16H19BrN2O. The first-order valence-corrected chi connectivity index (χ1v) is 7.32. The maximum absolute atomic E-state index is 5.85. The third kappa shape index (κ3) is 4.23. The maximum atomic E-state index is 5.85. The van der Waals surface area contributed by atoms with Crippen LogP contribution in [0.15, 0.2) is 40.9 Å². The number of hydrogen-bond donors (Lipinski definition) is 1. The molecule has 0 fully saturated rings. The third-order valence-corrected chi connectivity index (χ3v) is 3.07. The summed E-state index contributed by atoms with van der Waals surface area (Å²) in [6.07, 6.45) is 0. The molecular weight excluding hydrogens is 316 g/mol. The van der Waals surface area contributed by atoms with Gasteiger partial charge in [-0.05, 0) is 57.5 Å². The molecule has 0 saturated heterocycles. The predicted octanol–water partition coefficient (Wildman–Crippen LogP) is 5.16. The Labute approximate surface area is 128 Å². The van der Waals surface area contributed by atoms with Gasteiger partial charge in [0, 0.05) is 16.1 Å². The fraction of sp³-hybridized carbons (Fsp3) is 0.312. The van der Waals surface area contributed by atoms with E-state index in [0.29, 0.717) is 5.88 Å². The monoisotopic (exact) mass is 334 g/mol. The van der Waals surface area contributed by atoms with Crippen molar-refractivity contribution in [1.82, 2.24) is 4.98 Å². The van der Waals surface area contributed by atoms with Gasteiger partial charge in [-0.2, -0.15) is 4.98 Å². The minimum absolute atomic E-state index is 0.0286. The van der Waals surface area contributed by atoms with E-state index in [1.807, 2.05) is 43.3 Å². The molecule has 1 heterocycles. The van der Waals surface area contributed by atoms with Gasteiger partial charge in [0.1, 0.15) is 11.6 Å². The van der Waals surface area contributed by atoms with E-state index in [1.165, 1.54) is 0 Å². The molecule has 20 heavy (non-hydrogen) atoms. The number of benzene rings is 1. The number of ether oxygens (including phenoxy) is 1. The second kappa shape index (κ2) is 5.83. The summed E-state index contributed by atoms with van der Waals surface area (Å²) in [6, 6.07) is 11.6. The molecule has 0 atom stereocenters. The van der Waals surface area contributed by atoms with E-state index in [0.717, 1.165) is 21.6 Å². The number of aryl methyl sites for hydroxylation is 1. The number of anilines is 1. The van der Waals surface area contributed by atoms with E-state index >= 15 is 0 Å². The van der Waals surface area contributed by atoms with Crippen molar-refractivity contribution in [3.05, 3.63) is 46.4 Å². The van der Waals surface area contributed by atoms with Gasteiger partial charge < -0.3 is 10.1 Å². The van der Waals surface area contributed by atoms with E-state index in [1.54, 1.807) is 0 Å².